The Morgan fingerprint density at radius 1 is 1.04 bits per heavy atom. The summed E-state index contributed by atoms with van der Waals surface area (Å²) in [6, 6.07) is 15.5. The Hall–Kier alpha value is -2.48. The first-order chi connectivity index (χ1) is 11.4. The molecule has 0 bridgehead atoms. The van der Waals surface area contributed by atoms with Crippen molar-refractivity contribution < 1.29 is 18.0 Å². The van der Waals surface area contributed by atoms with Gasteiger partial charge in [-0.1, -0.05) is 47.6 Å². The number of sulfonamides is 1. The van der Waals surface area contributed by atoms with Crippen LogP contribution in [0.15, 0.2) is 64.0 Å². The molecule has 0 aliphatic rings. The Morgan fingerprint density at radius 3 is 2.21 bits per heavy atom. The lowest BCUT2D eigenvalue weighted by Gasteiger charge is -2.07. The van der Waals surface area contributed by atoms with Crippen molar-refractivity contribution >= 4 is 10.0 Å². The summed E-state index contributed by atoms with van der Waals surface area (Å²) in [6.07, 6.45) is -0.858. The lowest BCUT2D eigenvalue weighted by atomic mass is 9.98. The molecule has 1 unspecified atom stereocenters. The number of aliphatic hydroxyl groups excluding tert-OH is 1. The van der Waals surface area contributed by atoms with E-state index < -0.39 is 16.1 Å². The van der Waals surface area contributed by atoms with Crippen molar-refractivity contribution in [2.45, 2.75) is 17.9 Å². The van der Waals surface area contributed by atoms with E-state index in [1.54, 1.807) is 19.1 Å². The number of nitrogens with two attached hydrogens (primary N) is 1. The molecule has 3 aromatic rings. The number of nitrogens with zero attached hydrogens (tertiary/aromatic N) is 1. The standard InChI is InChI=1S/C17H16N2O4S/c1-11(20)17-15(12-7-9-14(10-8-12)24(18,21)22)16(19-23-17)13-5-3-2-4-6-13/h2-11,20H,1H3,(H2,18,21,22). The van der Waals surface area contributed by atoms with E-state index in [9.17, 15) is 13.5 Å². The third-order valence-corrected chi connectivity index (χ3v) is 4.55. The predicted molar refractivity (Wildman–Crippen MR) is 89.4 cm³/mol. The molecule has 2 aromatic carbocycles. The minimum absolute atomic E-state index is 0.0163. The third-order valence-electron chi connectivity index (χ3n) is 3.62. The Labute approximate surface area is 139 Å². The zero-order valence-electron chi connectivity index (χ0n) is 12.9. The summed E-state index contributed by atoms with van der Waals surface area (Å²) in [6.45, 7) is 1.58. The van der Waals surface area contributed by atoms with E-state index in [0.29, 0.717) is 22.6 Å². The van der Waals surface area contributed by atoms with Gasteiger partial charge in [0.25, 0.3) is 0 Å². The van der Waals surface area contributed by atoms with Crippen LogP contribution in [0.2, 0.25) is 0 Å². The van der Waals surface area contributed by atoms with Gasteiger partial charge in [-0.15, -0.1) is 0 Å². The van der Waals surface area contributed by atoms with Crippen LogP contribution in [0.5, 0.6) is 0 Å². The number of hydrogen-bond donors (Lipinski definition) is 2. The van der Waals surface area contributed by atoms with Crippen molar-refractivity contribution in [1.82, 2.24) is 5.16 Å². The van der Waals surface area contributed by atoms with Gasteiger partial charge >= 0.3 is 0 Å². The second-order valence-electron chi connectivity index (χ2n) is 5.38. The lowest BCUT2D eigenvalue weighted by molar-refractivity contribution is 0.158. The van der Waals surface area contributed by atoms with Gasteiger partial charge in [-0.05, 0) is 24.6 Å². The molecule has 0 saturated heterocycles. The molecular formula is C17H16N2O4S. The summed E-state index contributed by atoms with van der Waals surface area (Å²) in [5, 5.41) is 19.2. The first kappa shape index (κ1) is 16.4. The molecule has 124 valence electrons. The maximum atomic E-state index is 11.4. The molecule has 0 radical (unpaired) electrons. The largest absolute Gasteiger partial charge is 0.385 e. The first-order valence-corrected chi connectivity index (χ1v) is 8.79. The van der Waals surface area contributed by atoms with Gasteiger partial charge < -0.3 is 9.63 Å². The van der Waals surface area contributed by atoms with Gasteiger partial charge in [0.2, 0.25) is 10.0 Å². The van der Waals surface area contributed by atoms with Gasteiger partial charge in [-0.3, -0.25) is 0 Å². The average Bonchev–Trinajstić information content (AvgIpc) is 3.00. The van der Waals surface area contributed by atoms with Gasteiger partial charge in [-0.2, -0.15) is 0 Å². The fourth-order valence-corrected chi connectivity index (χ4v) is 2.99. The van der Waals surface area contributed by atoms with Crippen LogP contribution < -0.4 is 5.14 Å². The minimum atomic E-state index is -3.77. The van der Waals surface area contributed by atoms with Crippen LogP contribution in [-0.4, -0.2) is 18.7 Å². The summed E-state index contributed by atoms with van der Waals surface area (Å²) in [5.41, 5.74) is 2.71. The molecule has 0 fully saturated rings. The van der Waals surface area contributed by atoms with Crippen LogP contribution in [0.25, 0.3) is 22.4 Å². The van der Waals surface area contributed by atoms with Crippen molar-refractivity contribution in [3.63, 3.8) is 0 Å². The highest BCUT2D eigenvalue weighted by atomic mass is 32.2. The number of benzene rings is 2. The number of hydrogen-bond acceptors (Lipinski definition) is 5. The molecule has 3 N–H and O–H groups in total. The molecule has 1 aromatic heterocycles. The second-order valence-corrected chi connectivity index (χ2v) is 6.94. The van der Waals surface area contributed by atoms with Gasteiger partial charge in [0, 0.05) is 5.56 Å². The molecule has 24 heavy (non-hydrogen) atoms. The molecule has 7 heteroatoms. The number of rotatable bonds is 4. The quantitative estimate of drug-likeness (QED) is 0.757. The highest BCUT2D eigenvalue weighted by Gasteiger charge is 2.22. The van der Waals surface area contributed by atoms with E-state index in [2.05, 4.69) is 5.16 Å². The molecule has 0 saturated carbocycles. The van der Waals surface area contributed by atoms with Crippen molar-refractivity contribution in [1.29, 1.82) is 0 Å². The predicted octanol–water partition coefficient (Wildman–Crippen LogP) is 2.71. The molecule has 0 amide bonds. The van der Waals surface area contributed by atoms with E-state index in [1.807, 2.05) is 30.3 Å². The van der Waals surface area contributed by atoms with Crippen LogP contribution in [0, 0.1) is 0 Å². The molecule has 6 nitrogen and oxygen atoms in total. The summed E-state index contributed by atoms with van der Waals surface area (Å²) < 4.78 is 28.1. The molecular weight excluding hydrogens is 328 g/mol. The highest BCUT2D eigenvalue weighted by molar-refractivity contribution is 7.89. The average molecular weight is 344 g/mol. The van der Waals surface area contributed by atoms with Crippen LogP contribution >= 0.6 is 0 Å². The Kier molecular flexibility index (Phi) is 4.23. The van der Waals surface area contributed by atoms with Crippen molar-refractivity contribution in [2.75, 3.05) is 0 Å². The van der Waals surface area contributed by atoms with Crippen LogP contribution in [-0.2, 0) is 10.0 Å². The zero-order chi connectivity index (χ0) is 17.3. The number of aliphatic hydroxyl groups is 1. The van der Waals surface area contributed by atoms with E-state index in [0.717, 1.165) is 5.56 Å². The molecule has 1 heterocycles. The van der Waals surface area contributed by atoms with Gasteiger partial charge in [0.1, 0.15) is 11.8 Å². The summed E-state index contributed by atoms with van der Waals surface area (Å²) >= 11 is 0. The summed E-state index contributed by atoms with van der Waals surface area (Å²) in [4.78, 5) is 0.0163. The smallest absolute Gasteiger partial charge is 0.238 e. The molecule has 0 spiro atoms. The molecule has 1 atom stereocenters. The van der Waals surface area contributed by atoms with E-state index in [4.69, 9.17) is 9.66 Å². The maximum absolute atomic E-state index is 11.4. The molecule has 0 aliphatic heterocycles. The maximum Gasteiger partial charge on any atom is 0.238 e. The van der Waals surface area contributed by atoms with E-state index in [-0.39, 0.29) is 4.90 Å². The number of primary sulfonamides is 1. The highest BCUT2D eigenvalue weighted by Crippen LogP contribution is 2.37. The Morgan fingerprint density at radius 2 is 1.67 bits per heavy atom. The Balaban J connectivity index is 2.17. The number of aromatic nitrogens is 1. The monoisotopic (exact) mass is 344 g/mol. The van der Waals surface area contributed by atoms with Crippen molar-refractivity contribution in [3.05, 3.63) is 60.4 Å². The Bertz CT molecular complexity index is 946. The summed E-state index contributed by atoms with van der Waals surface area (Å²) in [5.74, 6) is 0.317. The molecule has 3 rings (SSSR count). The second kappa shape index (κ2) is 6.20. The topological polar surface area (TPSA) is 106 Å². The van der Waals surface area contributed by atoms with Crippen LogP contribution in [0.1, 0.15) is 18.8 Å². The van der Waals surface area contributed by atoms with E-state index in [1.165, 1.54) is 12.1 Å². The SMILES string of the molecule is CC(O)c1onc(-c2ccccc2)c1-c1ccc(S(N)(=O)=O)cc1. The van der Waals surface area contributed by atoms with Crippen molar-refractivity contribution in [3.8, 4) is 22.4 Å². The fraction of sp³-hybridized carbons (Fsp3) is 0.118. The van der Waals surface area contributed by atoms with Crippen LogP contribution in [0.3, 0.4) is 0 Å². The summed E-state index contributed by atoms with van der Waals surface area (Å²) in [7, 11) is -3.77. The first-order valence-electron chi connectivity index (χ1n) is 7.24. The van der Waals surface area contributed by atoms with E-state index >= 15 is 0 Å². The fourth-order valence-electron chi connectivity index (χ4n) is 2.47. The van der Waals surface area contributed by atoms with Crippen LogP contribution in [0.4, 0.5) is 0 Å². The van der Waals surface area contributed by atoms with Gasteiger partial charge in [0.15, 0.2) is 5.76 Å². The molecule has 0 aliphatic carbocycles. The normalized spacial score (nSPS) is 13.0. The van der Waals surface area contributed by atoms with Gasteiger partial charge in [-0.25, -0.2) is 13.6 Å². The van der Waals surface area contributed by atoms with Gasteiger partial charge in [0.05, 0.1) is 10.5 Å². The van der Waals surface area contributed by atoms with Crippen molar-refractivity contribution in [2.24, 2.45) is 5.14 Å². The minimum Gasteiger partial charge on any atom is -0.385 e. The zero-order valence-corrected chi connectivity index (χ0v) is 13.7. The lowest BCUT2D eigenvalue weighted by Crippen LogP contribution is -2.11. The third kappa shape index (κ3) is 3.09.